The molecule has 1 amide bonds. The third kappa shape index (κ3) is 3.88. The van der Waals surface area contributed by atoms with Crippen LogP contribution < -0.4 is 0 Å². The molecule has 3 heterocycles. The summed E-state index contributed by atoms with van der Waals surface area (Å²) in [5.41, 5.74) is 4.92. The van der Waals surface area contributed by atoms with E-state index in [1.165, 1.54) is 5.56 Å². The Labute approximate surface area is 159 Å². The van der Waals surface area contributed by atoms with E-state index >= 15 is 0 Å². The molecule has 2 aromatic heterocycles. The first-order chi connectivity index (χ1) is 13.1. The summed E-state index contributed by atoms with van der Waals surface area (Å²) in [5, 5.41) is 4.37. The Kier molecular flexibility index (Phi) is 4.94. The van der Waals surface area contributed by atoms with E-state index in [2.05, 4.69) is 30.2 Å². The maximum Gasteiger partial charge on any atom is 0.258 e. The van der Waals surface area contributed by atoms with Crippen molar-refractivity contribution in [3.8, 4) is 0 Å². The highest BCUT2D eigenvalue weighted by molar-refractivity contribution is 6.00. The summed E-state index contributed by atoms with van der Waals surface area (Å²) in [6.45, 7) is 6.06. The number of pyridine rings is 1. The predicted octanol–water partition coefficient (Wildman–Crippen LogP) is 3.77. The first kappa shape index (κ1) is 17.7. The van der Waals surface area contributed by atoms with E-state index in [1.807, 2.05) is 36.2 Å². The fraction of sp³-hybridized carbons (Fsp3) is 0.364. The lowest BCUT2D eigenvalue weighted by molar-refractivity contribution is 0.0508. The standard InChI is InChI=1S/C22H25N3O2/c1-16-5-3-6-18(11-16)14-24(15-19-7-4-10-27-19)22(26)20-12-23-25-13-17(2)8-9-21(20)25/h3,5-6,8-9,11-13,19H,4,7,10,14-15H2,1-2H3. The van der Waals surface area contributed by atoms with Crippen molar-refractivity contribution in [3.05, 3.63) is 71.0 Å². The van der Waals surface area contributed by atoms with Crippen molar-refractivity contribution in [2.45, 2.75) is 39.3 Å². The van der Waals surface area contributed by atoms with Gasteiger partial charge in [0.25, 0.3) is 5.91 Å². The van der Waals surface area contributed by atoms with Crippen molar-refractivity contribution < 1.29 is 9.53 Å². The second kappa shape index (κ2) is 7.53. The first-order valence-electron chi connectivity index (χ1n) is 9.50. The number of aryl methyl sites for hydroxylation is 2. The molecular formula is C22H25N3O2. The Balaban J connectivity index is 1.64. The minimum absolute atomic E-state index is 0.00543. The fourth-order valence-electron chi connectivity index (χ4n) is 3.71. The maximum absolute atomic E-state index is 13.4. The van der Waals surface area contributed by atoms with Crippen LogP contribution in [0.25, 0.3) is 5.52 Å². The molecular weight excluding hydrogens is 338 g/mol. The Bertz CT molecular complexity index is 957. The van der Waals surface area contributed by atoms with Crippen LogP contribution in [-0.2, 0) is 11.3 Å². The van der Waals surface area contributed by atoms with E-state index in [4.69, 9.17) is 4.74 Å². The van der Waals surface area contributed by atoms with E-state index in [1.54, 1.807) is 10.7 Å². The van der Waals surface area contributed by atoms with E-state index < -0.39 is 0 Å². The average molecular weight is 363 g/mol. The topological polar surface area (TPSA) is 46.8 Å². The highest BCUT2D eigenvalue weighted by Gasteiger charge is 2.25. The van der Waals surface area contributed by atoms with Crippen LogP contribution in [0.4, 0.5) is 0 Å². The zero-order chi connectivity index (χ0) is 18.8. The van der Waals surface area contributed by atoms with Gasteiger partial charge in [0.1, 0.15) is 0 Å². The first-order valence-corrected chi connectivity index (χ1v) is 9.50. The Hall–Kier alpha value is -2.66. The lowest BCUT2D eigenvalue weighted by Gasteiger charge is -2.25. The SMILES string of the molecule is Cc1cccc(CN(CC2CCCO2)C(=O)c2cnn3cc(C)ccc23)c1. The number of hydrogen-bond acceptors (Lipinski definition) is 3. The van der Waals surface area contributed by atoms with E-state index in [0.717, 1.165) is 36.1 Å². The van der Waals surface area contributed by atoms with Crippen LogP contribution in [0.2, 0.25) is 0 Å². The summed E-state index contributed by atoms with van der Waals surface area (Å²) in [6, 6.07) is 12.3. The molecule has 1 aromatic carbocycles. The van der Waals surface area contributed by atoms with Crippen molar-refractivity contribution >= 4 is 11.4 Å². The number of amides is 1. The number of ether oxygens (including phenoxy) is 1. The normalized spacial score (nSPS) is 16.7. The molecule has 0 aliphatic carbocycles. The van der Waals surface area contributed by atoms with Gasteiger partial charge in [-0.25, -0.2) is 4.52 Å². The maximum atomic E-state index is 13.4. The van der Waals surface area contributed by atoms with Crippen molar-refractivity contribution in [1.82, 2.24) is 14.5 Å². The second-order valence-corrected chi connectivity index (χ2v) is 7.40. The minimum Gasteiger partial charge on any atom is -0.376 e. The number of carbonyl (C=O) groups excluding carboxylic acids is 1. The zero-order valence-electron chi connectivity index (χ0n) is 15.9. The van der Waals surface area contributed by atoms with E-state index in [0.29, 0.717) is 18.7 Å². The predicted molar refractivity (Wildman–Crippen MR) is 105 cm³/mol. The molecule has 27 heavy (non-hydrogen) atoms. The van der Waals surface area contributed by atoms with Gasteiger partial charge >= 0.3 is 0 Å². The lowest BCUT2D eigenvalue weighted by Crippen LogP contribution is -2.37. The molecule has 5 nitrogen and oxygen atoms in total. The summed E-state index contributed by atoms with van der Waals surface area (Å²) >= 11 is 0. The van der Waals surface area contributed by atoms with Crippen LogP contribution in [0.15, 0.2) is 48.8 Å². The number of rotatable bonds is 5. The van der Waals surface area contributed by atoms with Gasteiger partial charge in [-0.2, -0.15) is 5.10 Å². The van der Waals surface area contributed by atoms with Gasteiger partial charge in [0.15, 0.2) is 0 Å². The molecule has 5 heteroatoms. The molecule has 3 aromatic rings. The molecule has 1 saturated heterocycles. The summed E-state index contributed by atoms with van der Waals surface area (Å²) in [4.78, 5) is 15.3. The van der Waals surface area contributed by atoms with E-state index in [-0.39, 0.29) is 12.0 Å². The smallest absolute Gasteiger partial charge is 0.258 e. The molecule has 0 spiro atoms. The quantitative estimate of drug-likeness (QED) is 0.693. The van der Waals surface area contributed by atoms with Gasteiger partial charge in [-0.05, 0) is 43.9 Å². The molecule has 1 aliphatic rings. The number of hydrogen-bond donors (Lipinski definition) is 0. The van der Waals surface area contributed by atoms with Crippen molar-refractivity contribution in [2.75, 3.05) is 13.2 Å². The Morgan fingerprint density at radius 1 is 1.26 bits per heavy atom. The van der Waals surface area contributed by atoms with Crippen LogP contribution in [0.1, 0.15) is 39.9 Å². The Morgan fingerprint density at radius 2 is 2.15 bits per heavy atom. The summed E-state index contributed by atoms with van der Waals surface area (Å²) in [5.74, 6) is 0.00543. The lowest BCUT2D eigenvalue weighted by atomic mass is 10.1. The van der Waals surface area contributed by atoms with Crippen LogP contribution in [0, 0.1) is 13.8 Å². The number of aromatic nitrogens is 2. The largest absolute Gasteiger partial charge is 0.376 e. The highest BCUT2D eigenvalue weighted by Crippen LogP contribution is 2.20. The van der Waals surface area contributed by atoms with Gasteiger partial charge < -0.3 is 9.64 Å². The Morgan fingerprint density at radius 3 is 2.93 bits per heavy atom. The molecule has 0 bridgehead atoms. The van der Waals surface area contributed by atoms with Crippen molar-refractivity contribution in [1.29, 1.82) is 0 Å². The van der Waals surface area contributed by atoms with Gasteiger partial charge in [-0.15, -0.1) is 0 Å². The zero-order valence-corrected chi connectivity index (χ0v) is 15.9. The molecule has 140 valence electrons. The molecule has 4 rings (SSSR count). The van der Waals surface area contributed by atoms with Gasteiger partial charge in [-0.1, -0.05) is 35.9 Å². The van der Waals surface area contributed by atoms with Gasteiger partial charge in [0, 0.05) is 25.9 Å². The monoisotopic (exact) mass is 363 g/mol. The van der Waals surface area contributed by atoms with Crippen LogP contribution in [-0.4, -0.2) is 39.7 Å². The van der Waals surface area contributed by atoms with Gasteiger partial charge in [0.2, 0.25) is 0 Å². The summed E-state index contributed by atoms with van der Waals surface area (Å²) in [7, 11) is 0. The van der Waals surface area contributed by atoms with Crippen molar-refractivity contribution in [3.63, 3.8) is 0 Å². The van der Waals surface area contributed by atoms with Crippen LogP contribution in [0.5, 0.6) is 0 Å². The van der Waals surface area contributed by atoms with Crippen LogP contribution >= 0.6 is 0 Å². The summed E-state index contributed by atoms with van der Waals surface area (Å²) < 4.78 is 7.58. The van der Waals surface area contributed by atoms with Crippen LogP contribution in [0.3, 0.4) is 0 Å². The average Bonchev–Trinajstić information content (AvgIpc) is 3.30. The minimum atomic E-state index is 0.00543. The molecule has 0 radical (unpaired) electrons. The molecule has 1 fully saturated rings. The summed E-state index contributed by atoms with van der Waals surface area (Å²) in [6.07, 6.45) is 5.80. The van der Waals surface area contributed by atoms with Gasteiger partial charge in [0.05, 0.1) is 23.4 Å². The molecule has 1 aliphatic heterocycles. The molecule has 0 N–H and O–H groups in total. The van der Waals surface area contributed by atoms with Crippen molar-refractivity contribution in [2.24, 2.45) is 0 Å². The fourth-order valence-corrected chi connectivity index (χ4v) is 3.71. The molecule has 1 unspecified atom stereocenters. The number of benzene rings is 1. The van der Waals surface area contributed by atoms with E-state index in [9.17, 15) is 4.79 Å². The van der Waals surface area contributed by atoms with Gasteiger partial charge in [-0.3, -0.25) is 4.79 Å². The number of carbonyl (C=O) groups is 1. The third-order valence-corrected chi connectivity index (χ3v) is 5.09. The number of fused-ring (bicyclic) bond motifs is 1. The third-order valence-electron chi connectivity index (χ3n) is 5.09. The molecule has 1 atom stereocenters. The number of nitrogens with zero attached hydrogens (tertiary/aromatic N) is 3. The molecule has 0 saturated carbocycles. The highest BCUT2D eigenvalue weighted by atomic mass is 16.5. The second-order valence-electron chi connectivity index (χ2n) is 7.40.